The monoisotopic (exact) mass is 172 g/mol. The predicted molar refractivity (Wildman–Crippen MR) is 32.4 cm³/mol. The molecule has 5 heavy (non-hydrogen) atoms. The first-order valence-corrected chi connectivity index (χ1v) is 7.30. The molecule has 1 atom stereocenters. The summed E-state index contributed by atoms with van der Waals surface area (Å²) in [7, 11) is 0. The summed E-state index contributed by atoms with van der Waals surface area (Å²) in [6.45, 7) is 1.22. The minimum Gasteiger partial charge on any atom is -0.157 e. The van der Waals surface area contributed by atoms with Gasteiger partial charge in [-0.2, -0.15) is 11.1 Å². The maximum Gasteiger partial charge on any atom is 0.211 e. The van der Waals surface area contributed by atoms with Gasteiger partial charge < -0.3 is 0 Å². The zero-order chi connectivity index (χ0) is 4.28. The fourth-order valence-electron chi connectivity index (χ4n) is 0. The molecular weight excluding hydrogens is 167 g/mol. The van der Waals surface area contributed by atoms with Crippen molar-refractivity contribution in [3.05, 3.63) is 0 Å². The molecule has 0 saturated heterocycles. The van der Waals surface area contributed by atoms with E-state index in [-0.39, 0.29) is 0 Å². The molecule has 0 aliphatic rings. The first-order valence-electron chi connectivity index (χ1n) is 1.55. The highest BCUT2D eigenvalue weighted by Crippen LogP contribution is 2.02. The van der Waals surface area contributed by atoms with Crippen LogP contribution in [0.5, 0.6) is 0 Å². The fourth-order valence-corrected chi connectivity index (χ4v) is 0. The number of halogens is 2. The van der Waals surface area contributed by atoms with Crippen LogP contribution in [0.15, 0.2) is 0 Å². The van der Waals surface area contributed by atoms with Gasteiger partial charge in [0, 0.05) is 0 Å². The van der Waals surface area contributed by atoms with E-state index in [2.05, 4.69) is 22.2 Å². The maximum atomic E-state index is 5.52. The third-order valence-electron chi connectivity index (χ3n) is 0.309. The van der Waals surface area contributed by atoms with Gasteiger partial charge in [-0.05, 0) is 6.04 Å². The van der Waals surface area contributed by atoms with Crippen molar-refractivity contribution in [1.29, 1.82) is 0 Å². The van der Waals surface area contributed by atoms with Gasteiger partial charge in [0.2, 0.25) is 6.73 Å². The lowest BCUT2D eigenvalue weighted by atomic mass is 11.0. The van der Waals surface area contributed by atoms with E-state index in [1.165, 1.54) is 0 Å². The first-order chi connectivity index (χ1) is 2.27. The van der Waals surface area contributed by atoms with Crippen LogP contribution in [0.3, 0.4) is 0 Å². The second-order valence-electron chi connectivity index (χ2n) is 0.799. The largest absolute Gasteiger partial charge is 0.211 e. The van der Waals surface area contributed by atoms with Crippen molar-refractivity contribution < 1.29 is 0 Å². The van der Waals surface area contributed by atoms with E-state index in [0.717, 1.165) is 6.04 Å². The van der Waals surface area contributed by atoms with Crippen LogP contribution in [0.4, 0.5) is 0 Å². The van der Waals surface area contributed by atoms with Crippen LogP contribution < -0.4 is 0 Å². The van der Waals surface area contributed by atoms with Crippen LogP contribution in [0.25, 0.3) is 0 Å². The molecule has 0 radical (unpaired) electrons. The van der Waals surface area contributed by atoms with Gasteiger partial charge >= 0.3 is 0 Å². The highest BCUT2D eigenvalue weighted by molar-refractivity contribution is 9.26. The zero-order valence-electron chi connectivity index (χ0n) is 3.04. The number of rotatable bonds is 1. The third kappa shape index (κ3) is 4.99. The molecule has 1 unspecified atom stereocenters. The highest BCUT2D eigenvalue weighted by atomic mass is 79.9. The molecule has 0 aromatic carbocycles. The standard InChI is InChI=1S/C2H6BrClSi/c1-2-5(3)4/h5H,2H2,1H3. The van der Waals surface area contributed by atoms with Crippen molar-refractivity contribution in [1.82, 2.24) is 0 Å². The van der Waals surface area contributed by atoms with Gasteiger partial charge in [0.1, 0.15) is 0 Å². The molecule has 0 aromatic rings. The summed E-state index contributed by atoms with van der Waals surface area (Å²) >= 11 is 8.80. The summed E-state index contributed by atoms with van der Waals surface area (Å²) in [5.41, 5.74) is 0. The SMILES string of the molecule is CC[SiH](Cl)Br. The smallest absolute Gasteiger partial charge is 0.157 e. The van der Waals surface area contributed by atoms with Crippen LogP contribution in [-0.2, 0) is 0 Å². The number of hydrogen-bond donors (Lipinski definition) is 0. The van der Waals surface area contributed by atoms with E-state index >= 15 is 0 Å². The van der Waals surface area contributed by atoms with Crippen molar-refractivity contribution in [2.24, 2.45) is 0 Å². The van der Waals surface area contributed by atoms with Crippen LogP contribution in [0.2, 0.25) is 6.04 Å². The Morgan fingerprint density at radius 1 is 2.00 bits per heavy atom. The lowest BCUT2D eigenvalue weighted by molar-refractivity contribution is 1.47. The molecule has 0 amide bonds. The van der Waals surface area contributed by atoms with Crippen molar-refractivity contribution in [2.75, 3.05) is 0 Å². The quantitative estimate of drug-likeness (QED) is 0.419. The molecule has 0 aliphatic carbocycles. The Kier molecular flexibility index (Phi) is 3.82. The zero-order valence-corrected chi connectivity index (χ0v) is 6.54. The van der Waals surface area contributed by atoms with Gasteiger partial charge in [-0.25, -0.2) is 0 Å². The highest BCUT2D eigenvalue weighted by Gasteiger charge is 1.90. The fraction of sp³-hybridized carbons (Fsp3) is 1.00. The van der Waals surface area contributed by atoms with Gasteiger partial charge in [0.15, 0.2) is 0 Å². The molecule has 0 spiro atoms. The minimum absolute atomic E-state index is 0.865. The van der Waals surface area contributed by atoms with Gasteiger partial charge in [-0.15, -0.1) is 15.3 Å². The van der Waals surface area contributed by atoms with Crippen LogP contribution >= 0.6 is 26.4 Å². The Labute approximate surface area is 46.4 Å². The molecule has 0 rings (SSSR count). The molecule has 32 valence electrons. The average molecular weight is 174 g/mol. The molecule has 3 heteroatoms. The Balaban J connectivity index is 2.54. The molecule has 0 N–H and O–H groups in total. The summed E-state index contributed by atoms with van der Waals surface area (Å²) < 4.78 is 0. The van der Waals surface area contributed by atoms with Crippen LogP contribution in [-0.4, -0.2) is 6.73 Å². The van der Waals surface area contributed by atoms with E-state index < -0.39 is 6.73 Å². The van der Waals surface area contributed by atoms with Crippen molar-refractivity contribution in [3.63, 3.8) is 0 Å². The second kappa shape index (κ2) is 3.19. The van der Waals surface area contributed by atoms with Gasteiger partial charge in [0.05, 0.1) is 0 Å². The molecule has 0 bridgehead atoms. The molecule has 0 aliphatic heterocycles. The summed E-state index contributed by atoms with van der Waals surface area (Å²) in [6, 6.07) is 1.13. The Hall–Kier alpha value is 0.987. The van der Waals surface area contributed by atoms with E-state index in [1.807, 2.05) is 0 Å². The second-order valence-corrected chi connectivity index (χ2v) is 8.88. The molecule has 0 nitrogen and oxygen atoms in total. The topological polar surface area (TPSA) is 0 Å². The Morgan fingerprint density at radius 3 is 2.20 bits per heavy atom. The summed E-state index contributed by atoms with van der Waals surface area (Å²) in [5, 5.41) is 0. The molecule has 0 saturated carbocycles. The normalized spacial score (nSPS) is 15.0. The van der Waals surface area contributed by atoms with E-state index in [4.69, 9.17) is 11.1 Å². The van der Waals surface area contributed by atoms with Gasteiger partial charge in [0.25, 0.3) is 0 Å². The summed E-state index contributed by atoms with van der Waals surface area (Å²) in [5.74, 6) is 0. The first kappa shape index (κ1) is 5.99. The molecule has 0 fully saturated rings. The Bertz CT molecular complexity index is 23.6. The minimum atomic E-state index is -0.865. The predicted octanol–water partition coefficient (Wildman–Crippen LogP) is 1.86. The van der Waals surface area contributed by atoms with E-state index in [9.17, 15) is 0 Å². The van der Waals surface area contributed by atoms with Gasteiger partial charge in [-0.3, -0.25) is 0 Å². The molecular formula is C2H6BrClSi. The third-order valence-corrected chi connectivity index (χ3v) is 3.79. The van der Waals surface area contributed by atoms with Crippen LogP contribution in [0, 0.1) is 0 Å². The average Bonchev–Trinajstić information content (AvgIpc) is 1.38. The Morgan fingerprint density at radius 2 is 2.20 bits per heavy atom. The van der Waals surface area contributed by atoms with E-state index in [1.54, 1.807) is 0 Å². The summed E-state index contributed by atoms with van der Waals surface area (Å²) in [6.07, 6.45) is 0. The van der Waals surface area contributed by atoms with Crippen molar-refractivity contribution in [3.8, 4) is 0 Å². The summed E-state index contributed by atoms with van der Waals surface area (Å²) in [4.78, 5) is 0. The molecule has 0 aromatic heterocycles. The number of hydrogen-bond acceptors (Lipinski definition) is 0. The lowest BCUT2D eigenvalue weighted by Gasteiger charge is -1.81. The van der Waals surface area contributed by atoms with Crippen LogP contribution in [0.1, 0.15) is 6.92 Å². The lowest BCUT2D eigenvalue weighted by Crippen LogP contribution is -1.81. The van der Waals surface area contributed by atoms with Crippen molar-refractivity contribution >= 4 is 33.1 Å². The van der Waals surface area contributed by atoms with Crippen molar-refractivity contribution in [2.45, 2.75) is 13.0 Å². The maximum absolute atomic E-state index is 5.52. The van der Waals surface area contributed by atoms with Gasteiger partial charge in [-0.1, -0.05) is 6.92 Å². The van der Waals surface area contributed by atoms with E-state index in [0.29, 0.717) is 0 Å². The molecule has 0 heterocycles.